The van der Waals surface area contributed by atoms with E-state index < -0.39 is 5.97 Å². The van der Waals surface area contributed by atoms with Crippen LogP contribution in [0.25, 0.3) is 17.3 Å². The molecule has 0 amide bonds. The number of halogens is 2. The molecule has 0 spiro atoms. The van der Waals surface area contributed by atoms with Gasteiger partial charge in [0, 0.05) is 27.8 Å². The van der Waals surface area contributed by atoms with Crippen molar-refractivity contribution < 1.29 is 14.3 Å². The first-order valence-electron chi connectivity index (χ1n) is 8.56. The molecule has 0 unspecified atom stereocenters. The summed E-state index contributed by atoms with van der Waals surface area (Å²) in [6.07, 6.45) is 3.13. The lowest BCUT2D eigenvalue weighted by molar-refractivity contribution is -0.129. The first-order valence-corrected chi connectivity index (χ1v) is 10.0. The van der Waals surface area contributed by atoms with Crippen molar-refractivity contribution in [1.29, 1.82) is 0 Å². The SMILES string of the molecule is CC(=O)n1cc(/C=C2/N=C(c3cc(I)ccc3Cl)OC2=O)c(-c2ccccc2)n1. The molecule has 0 fully saturated rings. The molecule has 0 saturated heterocycles. The fourth-order valence-electron chi connectivity index (χ4n) is 2.81. The van der Waals surface area contributed by atoms with E-state index >= 15 is 0 Å². The molecule has 29 heavy (non-hydrogen) atoms. The molecular formula is C21H13ClIN3O3. The van der Waals surface area contributed by atoms with E-state index in [2.05, 4.69) is 32.7 Å². The van der Waals surface area contributed by atoms with Crippen molar-refractivity contribution in [3.8, 4) is 11.3 Å². The van der Waals surface area contributed by atoms with Gasteiger partial charge >= 0.3 is 5.97 Å². The highest BCUT2D eigenvalue weighted by Crippen LogP contribution is 2.28. The van der Waals surface area contributed by atoms with E-state index in [1.807, 2.05) is 36.4 Å². The van der Waals surface area contributed by atoms with E-state index in [4.69, 9.17) is 16.3 Å². The molecule has 2 heterocycles. The van der Waals surface area contributed by atoms with Crippen molar-refractivity contribution in [2.24, 2.45) is 4.99 Å². The van der Waals surface area contributed by atoms with E-state index in [-0.39, 0.29) is 17.5 Å². The van der Waals surface area contributed by atoms with Crippen molar-refractivity contribution in [3.05, 3.63) is 80.1 Å². The zero-order chi connectivity index (χ0) is 20.5. The Labute approximate surface area is 185 Å². The second kappa shape index (κ2) is 7.92. The number of rotatable bonds is 3. The molecule has 3 aromatic rings. The minimum absolute atomic E-state index is 0.107. The van der Waals surface area contributed by atoms with E-state index in [9.17, 15) is 9.59 Å². The number of benzene rings is 2. The van der Waals surface area contributed by atoms with Crippen molar-refractivity contribution in [1.82, 2.24) is 9.78 Å². The molecule has 1 aliphatic rings. The third-order valence-corrected chi connectivity index (χ3v) is 5.18. The van der Waals surface area contributed by atoms with E-state index in [1.165, 1.54) is 11.6 Å². The highest BCUT2D eigenvalue weighted by atomic mass is 127. The van der Waals surface area contributed by atoms with Gasteiger partial charge < -0.3 is 4.74 Å². The summed E-state index contributed by atoms with van der Waals surface area (Å²) in [5.74, 6) is -0.690. The maximum atomic E-state index is 12.4. The van der Waals surface area contributed by atoms with Gasteiger partial charge in [0.1, 0.15) is 5.69 Å². The van der Waals surface area contributed by atoms with Crippen LogP contribution in [-0.4, -0.2) is 27.6 Å². The van der Waals surface area contributed by atoms with Crippen molar-refractivity contribution in [2.75, 3.05) is 0 Å². The summed E-state index contributed by atoms with van der Waals surface area (Å²) in [5, 5.41) is 4.79. The standard InChI is InChI=1S/C21H13ClIN3O3/c1-12(27)26-11-14(19(25-26)13-5-3-2-4-6-13)9-18-21(28)29-20(24-18)16-10-15(23)7-8-17(16)22/h2-11H,1H3/b18-9+. The third-order valence-electron chi connectivity index (χ3n) is 4.18. The number of esters is 1. The predicted molar refractivity (Wildman–Crippen MR) is 119 cm³/mol. The first-order chi connectivity index (χ1) is 13.9. The van der Waals surface area contributed by atoms with Crippen LogP contribution in [0.1, 0.15) is 22.8 Å². The van der Waals surface area contributed by atoms with Gasteiger partial charge in [-0.25, -0.2) is 14.5 Å². The molecular weight excluding hydrogens is 505 g/mol. The Morgan fingerprint density at radius 1 is 1.21 bits per heavy atom. The van der Waals surface area contributed by atoms with Gasteiger partial charge in [0.25, 0.3) is 0 Å². The van der Waals surface area contributed by atoms with Crippen LogP contribution in [-0.2, 0) is 9.53 Å². The minimum atomic E-state index is -0.593. The summed E-state index contributed by atoms with van der Waals surface area (Å²) in [7, 11) is 0. The number of ether oxygens (including phenoxy) is 1. The molecule has 8 heteroatoms. The van der Waals surface area contributed by atoms with Crippen molar-refractivity contribution >= 4 is 58.0 Å². The van der Waals surface area contributed by atoms with Gasteiger partial charge in [-0.2, -0.15) is 5.10 Å². The van der Waals surface area contributed by atoms with Gasteiger partial charge in [0.15, 0.2) is 5.70 Å². The van der Waals surface area contributed by atoms with Crippen molar-refractivity contribution in [3.63, 3.8) is 0 Å². The van der Waals surface area contributed by atoms with Gasteiger partial charge in [-0.3, -0.25) is 4.79 Å². The second-order valence-corrected chi connectivity index (χ2v) is 7.88. The maximum Gasteiger partial charge on any atom is 0.363 e. The number of carbonyl (C=O) groups is 2. The van der Waals surface area contributed by atoms with Crippen LogP contribution in [0.2, 0.25) is 5.02 Å². The van der Waals surface area contributed by atoms with Crippen LogP contribution in [0.5, 0.6) is 0 Å². The normalized spacial score (nSPS) is 14.8. The van der Waals surface area contributed by atoms with E-state index in [0.29, 0.717) is 21.8 Å². The van der Waals surface area contributed by atoms with Gasteiger partial charge in [0.2, 0.25) is 11.8 Å². The molecule has 2 aromatic carbocycles. The minimum Gasteiger partial charge on any atom is -0.402 e. The van der Waals surface area contributed by atoms with Crippen LogP contribution >= 0.6 is 34.2 Å². The molecule has 6 nitrogen and oxygen atoms in total. The maximum absolute atomic E-state index is 12.4. The number of nitrogens with zero attached hydrogens (tertiary/aromatic N) is 3. The molecule has 0 N–H and O–H groups in total. The Kier molecular flexibility index (Phi) is 5.33. The largest absolute Gasteiger partial charge is 0.402 e. The van der Waals surface area contributed by atoms with Crippen molar-refractivity contribution in [2.45, 2.75) is 6.92 Å². The van der Waals surface area contributed by atoms with Crippen LogP contribution in [0.4, 0.5) is 0 Å². The third kappa shape index (κ3) is 4.01. The summed E-state index contributed by atoms with van der Waals surface area (Å²) in [6, 6.07) is 14.8. The molecule has 4 rings (SSSR count). The fraction of sp³-hybridized carbons (Fsp3) is 0.0476. The lowest BCUT2D eigenvalue weighted by Crippen LogP contribution is -2.06. The Bertz CT molecular complexity index is 1200. The fourth-order valence-corrected chi connectivity index (χ4v) is 3.50. The summed E-state index contributed by atoms with van der Waals surface area (Å²) in [6.45, 7) is 1.41. The zero-order valence-corrected chi connectivity index (χ0v) is 18.0. The number of carbonyl (C=O) groups excluding carboxylic acids is 2. The molecule has 1 aromatic heterocycles. The van der Waals surface area contributed by atoms with E-state index in [1.54, 1.807) is 24.4 Å². The Hall–Kier alpha value is -2.78. The molecule has 0 saturated carbocycles. The molecule has 144 valence electrons. The molecule has 0 atom stereocenters. The van der Waals surface area contributed by atoms with Gasteiger partial charge in [-0.1, -0.05) is 41.9 Å². The van der Waals surface area contributed by atoms with Gasteiger partial charge in [0.05, 0.1) is 10.6 Å². The number of hydrogen-bond acceptors (Lipinski definition) is 5. The lowest BCUT2D eigenvalue weighted by atomic mass is 10.1. The van der Waals surface area contributed by atoms with Crippen LogP contribution in [0, 0.1) is 3.57 Å². The quantitative estimate of drug-likeness (QED) is 0.284. The Morgan fingerprint density at radius 3 is 2.69 bits per heavy atom. The van der Waals surface area contributed by atoms with Crippen LogP contribution in [0.3, 0.4) is 0 Å². The summed E-state index contributed by atoms with van der Waals surface area (Å²) in [4.78, 5) is 28.5. The zero-order valence-electron chi connectivity index (χ0n) is 15.1. The summed E-state index contributed by atoms with van der Waals surface area (Å²) in [5.41, 5.74) is 2.61. The monoisotopic (exact) mass is 517 g/mol. The predicted octanol–water partition coefficient (Wildman–Crippen LogP) is 4.81. The molecule has 0 bridgehead atoms. The van der Waals surface area contributed by atoms with E-state index in [0.717, 1.165) is 9.13 Å². The second-order valence-electron chi connectivity index (χ2n) is 6.22. The number of hydrogen-bond donors (Lipinski definition) is 0. The summed E-state index contributed by atoms with van der Waals surface area (Å²) < 4.78 is 7.50. The number of aromatic nitrogens is 2. The Balaban J connectivity index is 1.80. The van der Waals surface area contributed by atoms with Gasteiger partial charge in [-0.15, -0.1) is 0 Å². The lowest BCUT2D eigenvalue weighted by Gasteiger charge is -2.02. The number of cyclic esters (lactones) is 1. The highest BCUT2D eigenvalue weighted by Gasteiger charge is 2.26. The number of aliphatic imine (C=N–C) groups is 1. The van der Waals surface area contributed by atoms with Crippen LogP contribution in [0.15, 0.2) is 65.4 Å². The molecule has 0 aliphatic carbocycles. The summed E-state index contributed by atoms with van der Waals surface area (Å²) >= 11 is 8.38. The molecule has 1 aliphatic heterocycles. The topological polar surface area (TPSA) is 73.6 Å². The first kappa shape index (κ1) is 19.5. The highest BCUT2D eigenvalue weighted by molar-refractivity contribution is 14.1. The molecule has 0 radical (unpaired) electrons. The Morgan fingerprint density at radius 2 is 1.97 bits per heavy atom. The van der Waals surface area contributed by atoms with Crippen LogP contribution < -0.4 is 0 Å². The smallest absolute Gasteiger partial charge is 0.363 e. The van der Waals surface area contributed by atoms with Gasteiger partial charge in [-0.05, 0) is 46.9 Å². The average Bonchev–Trinajstić information content (AvgIpc) is 3.29. The average molecular weight is 518 g/mol.